The van der Waals surface area contributed by atoms with Gasteiger partial charge < -0.3 is 5.11 Å². The van der Waals surface area contributed by atoms with Gasteiger partial charge in [0.1, 0.15) is 6.54 Å². The van der Waals surface area contributed by atoms with Crippen LogP contribution in [-0.4, -0.2) is 33.6 Å². The number of aliphatic carboxylic acids is 1. The number of aromatic amines is 1. The molecule has 0 aliphatic rings. The monoisotopic (exact) mass is 351 g/mol. The van der Waals surface area contributed by atoms with Crippen molar-refractivity contribution >= 4 is 28.1 Å². The number of aryl methyl sites for hydroxylation is 2. The first-order valence-electron chi connectivity index (χ1n) is 6.20. The van der Waals surface area contributed by atoms with Crippen LogP contribution in [0.3, 0.4) is 0 Å². The van der Waals surface area contributed by atoms with Crippen LogP contribution >= 0.6 is 15.9 Å². The summed E-state index contributed by atoms with van der Waals surface area (Å²) in [6.07, 6.45) is 1.30. The summed E-state index contributed by atoms with van der Waals surface area (Å²) in [7, 11) is 0. The molecule has 1 aromatic heterocycles. The summed E-state index contributed by atoms with van der Waals surface area (Å²) in [5.41, 5.74) is 2.45. The average molecular weight is 352 g/mol. The van der Waals surface area contributed by atoms with E-state index in [0.29, 0.717) is 16.9 Å². The molecule has 1 aromatic carbocycles. The number of hydrogen-bond acceptors (Lipinski definition) is 3. The molecule has 21 heavy (non-hydrogen) atoms. The van der Waals surface area contributed by atoms with Crippen LogP contribution in [0.25, 0.3) is 5.69 Å². The molecule has 2 N–H and O–H groups in total. The Morgan fingerprint density at radius 1 is 1.48 bits per heavy atom. The third kappa shape index (κ3) is 3.30. The van der Waals surface area contributed by atoms with Gasteiger partial charge in [0, 0.05) is 16.4 Å². The molecule has 0 saturated carbocycles. The van der Waals surface area contributed by atoms with Crippen LogP contribution < -0.4 is 5.56 Å². The number of aromatic nitrogens is 2. The molecule has 0 amide bonds. The first kappa shape index (κ1) is 15.2. The van der Waals surface area contributed by atoms with E-state index in [1.54, 1.807) is 6.92 Å². The molecule has 1 heterocycles. The van der Waals surface area contributed by atoms with Crippen LogP contribution in [0.4, 0.5) is 0 Å². The lowest BCUT2D eigenvalue weighted by Gasteiger charge is -2.04. The summed E-state index contributed by atoms with van der Waals surface area (Å²) in [6.45, 7) is 3.32. The van der Waals surface area contributed by atoms with Crippen LogP contribution in [0.15, 0.2) is 32.5 Å². The van der Waals surface area contributed by atoms with E-state index in [4.69, 9.17) is 5.11 Å². The second kappa shape index (κ2) is 6.09. The van der Waals surface area contributed by atoms with Crippen LogP contribution in [-0.2, 0) is 4.79 Å². The maximum absolute atomic E-state index is 12.3. The van der Waals surface area contributed by atoms with Gasteiger partial charge in [-0.2, -0.15) is 0 Å². The van der Waals surface area contributed by atoms with Crippen LogP contribution in [0, 0.1) is 13.8 Å². The molecular weight excluding hydrogens is 338 g/mol. The lowest BCUT2D eigenvalue weighted by molar-refractivity contribution is -0.135. The Kier molecular flexibility index (Phi) is 4.42. The van der Waals surface area contributed by atoms with Gasteiger partial charge in [0.05, 0.1) is 11.3 Å². The predicted octanol–water partition coefficient (Wildman–Crippen LogP) is 2.05. The second-order valence-corrected chi connectivity index (χ2v) is 5.44. The van der Waals surface area contributed by atoms with E-state index in [-0.39, 0.29) is 12.1 Å². The number of aliphatic imine (C=N–C) groups is 1. The summed E-state index contributed by atoms with van der Waals surface area (Å²) in [6, 6.07) is 5.55. The Labute approximate surface area is 129 Å². The smallest absolute Gasteiger partial charge is 0.325 e. The van der Waals surface area contributed by atoms with E-state index in [2.05, 4.69) is 26.0 Å². The predicted molar refractivity (Wildman–Crippen MR) is 83.7 cm³/mol. The quantitative estimate of drug-likeness (QED) is 0.826. The fourth-order valence-electron chi connectivity index (χ4n) is 1.88. The second-order valence-electron chi connectivity index (χ2n) is 4.59. The van der Waals surface area contributed by atoms with Gasteiger partial charge in [0.2, 0.25) is 0 Å². The Bertz CT molecular complexity index is 774. The molecule has 6 nitrogen and oxygen atoms in total. The molecule has 110 valence electrons. The number of carboxylic acids is 1. The Hall–Kier alpha value is -2.15. The number of rotatable bonds is 4. The molecule has 0 fully saturated rings. The molecule has 0 unspecified atom stereocenters. The molecular formula is C14H14BrN3O3. The zero-order chi connectivity index (χ0) is 15.6. The normalized spacial score (nSPS) is 11.2. The molecule has 0 aliphatic heterocycles. The zero-order valence-corrected chi connectivity index (χ0v) is 13.1. The minimum atomic E-state index is -1.04. The largest absolute Gasteiger partial charge is 0.480 e. The van der Waals surface area contributed by atoms with Crippen molar-refractivity contribution < 1.29 is 9.90 Å². The zero-order valence-electron chi connectivity index (χ0n) is 11.6. The van der Waals surface area contributed by atoms with Gasteiger partial charge in [-0.25, -0.2) is 4.68 Å². The lowest BCUT2D eigenvalue weighted by Crippen LogP contribution is -2.17. The average Bonchev–Trinajstić information content (AvgIpc) is 2.69. The van der Waals surface area contributed by atoms with Crippen molar-refractivity contribution in [3.63, 3.8) is 0 Å². The van der Waals surface area contributed by atoms with Crippen molar-refractivity contribution in [1.29, 1.82) is 0 Å². The number of hydrogen-bond donors (Lipinski definition) is 2. The molecule has 0 aliphatic carbocycles. The highest BCUT2D eigenvalue weighted by atomic mass is 79.9. The molecule has 0 radical (unpaired) electrons. The van der Waals surface area contributed by atoms with Crippen molar-refractivity contribution in [3.8, 4) is 5.69 Å². The summed E-state index contributed by atoms with van der Waals surface area (Å²) in [5.74, 6) is -1.04. The topological polar surface area (TPSA) is 87.4 Å². The van der Waals surface area contributed by atoms with Gasteiger partial charge in [-0.05, 0) is 37.6 Å². The highest BCUT2D eigenvalue weighted by Gasteiger charge is 2.11. The number of carbonyl (C=O) groups is 1. The molecule has 0 atom stereocenters. The van der Waals surface area contributed by atoms with E-state index in [1.807, 2.05) is 25.1 Å². The van der Waals surface area contributed by atoms with E-state index >= 15 is 0 Å². The van der Waals surface area contributed by atoms with E-state index in [1.165, 1.54) is 10.9 Å². The lowest BCUT2D eigenvalue weighted by atomic mass is 10.2. The van der Waals surface area contributed by atoms with Gasteiger partial charge in [-0.1, -0.05) is 15.9 Å². The molecule has 2 rings (SSSR count). The molecule has 7 heteroatoms. The standard InChI is InChI=1S/C14H14BrN3O3/c1-8-5-10(3-4-12(8)15)18-14(21)11(9(2)17-18)6-16-7-13(19)20/h3-6,17H,7H2,1-2H3,(H,19,20). The highest BCUT2D eigenvalue weighted by Crippen LogP contribution is 2.18. The minimum Gasteiger partial charge on any atom is -0.480 e. The Morgan fingerprint density at radius 3 is 2.81 bits per heavy atom. The molecule has 0 saturated heterocycles. The van der Waals surface area contributed by atoms with Crippen molar-refractivity contribution in [2.75, 3.05) is 6.54 Å². The fourth-order valence-corrected chi connectivity index (χ4v) is 2.12. The Balaban J connectivity index is 2.43. The minimum absolute atomic E-state index is 0.261. The van der Waals surface area contributed by atoms with Gasteiger partial charge in [0.25, 0.3) is 5.56 Å². The fraction of sp³-hybridized carbons (Fsp3) is 0.214. The Morgan fingerprint density at radius 2 is 2.19 bits per heavy atom. The van der Waals surface area contributed by atoms with E-state index < -0.39 is 5.97 Å². The van der Waals surface area contributed by atoms with E-state index in [0.717, 1.165) is 10.0 Å². The number of carboxylic acid groups (broad SMARTS) is 1. The highest BCUT2D eigenvalue weighted by molar-refractivity contribution is 9.10. The number of nitrogens with one attached hydrogen (secondary N) is 1. The van der Waals surface area contributed by atoms with E-state index in [9.17, 15) is 9.59 Å². The third-order valence-electron chi connectivity index (χ3n) is 2.96. The first-order chi connectivity index (χ1) is 9.90. The maximum Gasteiger partial charge on any atom is 0.325 e. The number of halogens is 1. The molecule has 0 bridgehead atoms. The van der Waals surface area contributed by atoms with Crippen molar-refractivity contribution in [1.82, 2.24) is 9.78 Å². The number of H-pyrrole nitrogens is 1. The van der Waals surface area contributed by atoms with Crippen molar-refractivity contribution in [2.45, 2.75) is 13.8 Å². The van der Waals surface area contributed by atoms with Gasteiger partial charge in [-0.15, -0.1) is 0 Å². The van der Waals surface area contributed by atoms with Gasteiger partial charge in [0.15, 0.2) is 0 Å². The summed E-state index contributed by atoms with van der Waals surface area (Å²) >= 11 is 3.41. The molecule has 0 spiro atoms. The van der Waals surface area contributed by atoms with Crippen LogP contribution in [0.1, 0.15) is 16.8 Å². The van der Waals surface area contributed by atoms with Gasteiger partial charge >= 0.3 is 5.97 Å². The van der Waals surface area contributed by atoms with Gasteiger partial charge in [-0.3, -0.25) is 19.7 Å². The SMILES string of the molecule is Cc1cc(-n2[nH]c(C)c(C=NCC(=O)O)c2=O)ccc1Br. The number of benzene rings is 1. The summed E-state index contributed by atoms with van der Waals surface area (Å²) in [4.78, 5) is 26.5. The summed E-state index contributed by atoms with van der Waals surface area (Å²) in [5, 5.41) is 11.5. The third-order valence-corrected chi connectivity index (χ3v) is 3.85. The van der Waals surface area contributed by atoms with Crippen LogP contribution in [0.2, 0.25) is 0 Å². The maximum atomic E-state index is 12.3. The van der Waals surface area contributed by atoms with Crippen LogP contribution in [0.5, 0.6) is 0 Å². The van der Waals surface area contributed by atoms with Crippen molar-refractivity contribution in [2.24, 2.45) is 4.99 Å². The number of nitrogens with zero attached hydrogens (tertiary/aromatic N) is 2. The first-order valence-corrected chi connectivity index (χ1v) is 6.99. The van der Waals surface area contributed by atoms with Crippen molar-refractivity contribution in [3.05, 3.63) is 49.8 Å². The summed E-state index contributed by atoms with van der Waals surface area (Å²) < 4.78 is 2.38. The molecule has 2 aromatic rings.